The average Bonchev–Trinajstić information content (AvgIpc) is 3.34. The van der Waals surface area contributed by atoms with E-state index in [2.05, 4.69) is 26.8 Å². The quantitative estimate of drug-likeness (QED) is 0.456. The summed E-state index contributed by atoms with van der Waals surface area (Å²) in [5.41, 5.74) is 0.979. The van der Waals surface area contributed by atoms with Crippen LogP contribution in [0.3, 0.4) is 0 Å². The van der Waals surface area contributed by atoms with Crippen LogP contribution in [-0.2, 0) is 15.2 Å². The van der Waals surface area contributed by atoms with E-state index in [4.69, 9.17) is 21.1 Å². The fraction of sp³-hybridized carbons (Fsp3) is 0.652. The molecule has 1 aliphatic heterocycles. The first-order valence-corrected chi connectivity index (χ1v) is 11.8. The predicted molar refractivity (Wildman–Crippen MR) is 119 cm³/mol. The van der Waals surface area contributed by atoms with Crippen molar-refractivity contribution in [2.45, 2.75) is 75.3 Å². The zero-order valence-corrected chi connectivity index (χ0v) is 19.3. The smallest absolute Gasteiger partial charge is 0.100 e. The number of aliphatic hydroxyl groups excluding tert-OH is 1. The number of rotatable bonds is 8. The Morgan fingerprint density at radius 1 is 1.34 bits per heavy atom. The first-order valence-electron chi connectivity index (χ1n) is 10.3. The number of allylic oxidation sites excluding steroid dienone is 1. The molecule has 1 heterocycles. The van der Waals surface area contributed by atoms with Crippen LogP contribution < -0.4 is 0 Å². The van der Waals surface area contributed by atoms with Gasteiger partial charge in [0.1, 0.15) is 5.60 Å². The third-order valence-corrected chi connectivity index (χ3v) is 7.80. The molecule has 1 saturated heterocycles. The molecule has 0 radical (unpaired) electrons. The summed E-state index contributed by atoms with van der Waals surface area (Å²) >= 11 is 7.67. The number of hydrogen-bond donors (Lipinski definition) is 2. The summed E-state index contributed by atoms with van der Waals surface area (Å²) in [5.74, 6) is 1.09. The van der Waals surface area contributed by atoms with Gasteiger partial charge < -0.3 is 19.7 Å². The van der Waals surface area contributed by atoms with E-state index in [1.54, 1.807) is 18.9 Å². The van der Waals surface area contributed by atoms with Crippen molar-refractivity contribution in [1.29, 1.82) is 0 Å². The van der Waals surface area contributed by atoms with Crippen molar-refractivity contribution in [3.05, 3.63) is 46.5 Å². The van der Waals surface area contributed by atoms with E-state index >= 15 is 0 Å². The summed E-state index contributed by atoms with van der Waals surface area (Å²) in [6.45, 7) is 6.21. The van der Waals surface area contributed by atoms with Crippen LogP contribution in [0.4, 0.5) is 0 Å². The van der Waals surface area contributed by atoms with Crippen LogP contribution in [0.15, 0.2) is 35.9 Å². The Labute approximate surface area is 183 Å². The van der Waals surface area contributed by atoms with Crippen LogP contribution in [-0.4, -0.2) is 52.6 Å². The molecule has 6 atom stereocenters. The largest absolute Gasteiger partial charge is 0.390 e. The third kappa shape index (κ3) is 5.20. The van der Waals surface area contributed by atoms with E-state index in [-0.39, 0.29) is 12.0 Å². The van der Waals surface area contributed by atoms with Crippen LogP contribution >= 0.6 is 23.4 Å². The molecule has 1 aliphatic carbocycles. The van der Waals surface area contributed by atoms with Crippen molar-refractivity contribution in [2.75, 3.05) is 12.9 Å². The fourth-order valence-corrected chi connectivity index (χ4v) is 5.99. The summed E-state index contributed by atoms with van der Waals surface area (Å²) in [5, 5.41) is 23.0. The van der Waals surface area contributed by atoms with Gasteiger partial charge in [-0.25, -0.2) is 0 Å². The highest BCUT2D eigenvalue weighted by molar-refractivity contribution is 7.98. The molecule has 1 saturated carbocycles. The second-order valence-corrected chi connectivity index (χ2v) is 10.2. The Morgan fingerprint density at radius 2 is 2.03 bits per heavy atom. The van der Waals surface area contributed by atoms with Crippen LogP contribution in [0, 0.1) is 5.92 Å². The molecule has 2 N–H and O–H groups in total. The fourth-order valence-electron chi connectivity index (χ4n) is 4.66. The normalized spacial score (nSPS) is 36.7. The molecule has 4 nitrogen and oxygen atoms in total. The highest BCUT2D eigenvalue weighted by Crippen LogP contribution is 2.55. The van der Waals surface area contributed by atoms with Crippen molar-refractivity contribution < 1.29 is 19.7 Å². The SMILES string of the molecule is COC1C(O)CCC(O)(CSCc2ccc(Cl)cc2)C1C1(C)OC1CC=C(C)C. The minimum atomic E-state index is -0.953. The number of hydrogen-bond acceptors (Lipinski definition) is 5. The van der Waals surface area contributed by atoms with Gasteiger partial charge in [-0.3, -0.25) is 0 Å². The molecule has 29 heavy (non-hydrogen) atoms. The monoisotopic (exact) mass is 440 g/mol. The molecule has 1 aromatic carbocycles. The lowest BCUT2D eigenvalue weighted by Crippen LogP contribution is -2.60. The maximum absolute atomic E-state index is 11.7. The molecule has 0 amide bonds. The van der Waals surface area contributed by atoms with Crippen LogP contribution in [0.2, 0.25) is 5.02 Å². The molecule has 2 aliphatic rings. The summed E-state index contributed by atoms with van der Waals surface area (Å²) < 4.78 is 11.8. The Bertz CT molecular complexity index is 720. The van der Waals surface area contributed by atoms with Gasteiger partial charge in [-0.15, -0.1) is 0 Å². The zero-order valence-electron chi connectivity index (χ0n) is 17.7. The van der Waals surface area contributed by atoms with Gasteiger partial charge in [-0.05, 0) is 57.7 Å². The van der Waals surface area contributed by atoms with Crippen molar-refractivity contribution in [2.24, 2.45) is 5.92 Å². The number of benzene rings is 1. The predicted octanol–water partition coefficient (Wildman–Crippen LogP) is 4.60. The molecular weight excluding hydrogens is 408 g/mol. The minimum absolute atomic E-state index is 0.0399. The number of methoxy groups -OCH3 is 1. The highest BCUT2D eigenvalue weighted by Gasteiger charge is 2.66. The molecule has 0 spiro atoms. The summed E-state index contributed by atoms with van der Waals surface area (Å²) in [6, 6.07) is 7.81. The molecule has 6 heteroatoms. The first-order chi connectivity index (χ1) is 13.7. The lowest BCUT2D eigenvalue weighted by Gasteiger charge is -2.48. The second kappa shape index (κ2) is 9.29. The lowest BCUT2D eigenvalue weighted by atomic mass is 9.66. The Kier molecular flexibility index (Phi) is 7.40. The number of thioether (sulfide) groups is 1. The topological polar surface area (TPSA) is 62.2 Å². The van der Waals surface area contributed by atoms with Gasteiger partial charge in [0.25, 0.3) is 0 Å². The van der Waals surface area contributed by atoms with E-state index < -0.39 is 23.4 Å². The summed E-state index contributed by atoms with van der Waals surface area (Å²) in [6.07, 6.45) is 3.07. The summed E-state index contributed by atoms with van der Waals surface area (Å²) in [7, 11) is 1.62. The Hall–Kier alpha value is -0.560. The van der Waals surface area contributed by atoms with Gasteiger partial charge >= 0.3 is 0 Å². The van der Waals surface area contributed by atoms with Crippen molar-refractivity contribution >= 4 is 23.4 Å². The van der Waals surface area contributed by atoms with Gasteiger partial charge in [-0.2, -0.15) is 11.8 Å². The van der Waals surface area contributed by atoms with Gasteiger partial charge in [0, 0.05) is 29.6 Å². The highest BCUT2D eigenvalue weighted by atomic mass is 35.5. The number of halogens is 1. The molecule has 6 unspecified atom stereocenters. The number of ether oxygens (including phenoxy) is 2. The van der Waals surface area contributed by atoms with E-state index in [0.29, 0.717) is 18.6 Å². The Morgan fingerprint density at radius 3 is 2.66 bits per heavy atom. The van der Waals surface area contributed by atoms with Gasteiger partial charge in [0.15, 0.2) is 0 Å². The maximum Gasteiger partial charge on any atom is 0.100 e. The van der Waals surface area contributed by atoms with Crippen LogP contribution in [0.5, 0.6) is 0 Å². The second-order valence-electron chi connectivity index (χ2n) is 8.81. The standard InChI is InChI=1S/C23H33ClO4S/c1-15(2)5-10-19-22(3,28-19)21-20(27-4)18(25)11-12-23(21,26)14-29-13-16-6-8-17(24)9-7-16/h5-9,18-21,25-26H,10-14H2,1-4H3. The first kappa shape index (κ1) is 23.1. The number of aliphatic hydroxyl groups is 2. The van der Waals surface area contributed by atoms with E-state index in [1.165, 1.54) is 11.1 Å². The molecule has 162 valence electrons. The maximum atomic E-state index is 11.7. The molecule has 2 fully saturated rings. The van der Waals surface area contributed by atoms with Crippen molar-refractivity contribution in [3.63, 3.8) is 0 Å². The molecule has 3 rings (SSSR count). The van der Waals surface area contributed by atoms with Gasteiger partial charge in [0.05, 0.1) is 23.9 Å². The Balaban J connectivity index is 1.73. The minimum Gasteiger partial charge on any atom is -0.390 e. The van der Waals surface area contributed by atoms with Crippen LogP contribution in [0.1, 0.15) is 45.6 Å². The molecular formula is C23H33ClO4S. The van der Waals surface area contributed by atoms with Crippen molar-refractivity contribution in [3.8, 4) is 0 Å². The third-order valence-electron chi connectivity index (χ3n) is 6.30. The van der Waals surface area contributed by atoms with Gasteiger partial charge in [-0.1, -0.05) is 35.4 Å². The van der Waals surface area contributed by atoms with E-state index in [9.17, 15) is 10.2 Å². The summed E-state index contributed by atoms with van der Waals surface area (Å²) in [4.78, 5) is 0. The average molecular weight is 441 g/mol. The van der Waals surface area contributed by atoms with E-state index in [1.807, 2.05) is 24.3 Å². The zero-order chi connectivity index (χ0) is 21.2. The molecule has 1 aromatic rings. The van der Waals surface area contributed by atoms with Gasteiger partial charge in [0.2, 0.25) is 0 Å². The van der Waals surface area contributed by atoms with Crippen molar-refractivity contribution in [1.82, 2.24) is 0 Å². The van der Waals surface area contributed by atoms with E-state index in [0.717, 1.165) is 17.2 Å². The number of epoxide rings is 1. The van der Waals surface area contributed by atoms with Crippen LogP contribution in [0.25, 0.3) is 0 Å². The lowest BCUT2D eigenvalue weighted by molar-refractivity contribution is -0.169. The molecule has 0 aromatic heterocycles. The molecule has 0 bridgehead atoms.